The summed E-state index contributed by atoms with van der Waals surface area (Å²) in [4.78, 5) is 0. The third-order valence-electron chi connectivity index (χ3n) is 3.24. The number of nitrogens with one attached hydrogen (secondary N) is 1. The fourth-order valence-corrected chi connectivity index (χ4v) is 2.68. The quantitative estimate of drug-likeness (QED) is 0.790. The van der Waals surface area contributed by atoms with Crippen molar-refractivity contribution in [2.75, 3.05) is 13.1 Å². The van der Waals surface area contributed by atoms with Crippen LogP contribution in [-0.4, -0.2) is 28.1 Å². The number of hydrogen-bond donors (Lipinski definition) is 1. The molecule has 0 spiro atoms. The molecule has 0 aliphatic rings. The molecule has 1 heterocycles. The minimum absolute atomic E-state index is 0.413. The Morgan fingerprint density at radius 3 is 2.90 bits per heavy atom. The Morgan fingerprint density at radius 1 is 1.40 bits per heavy atom. The monoisotopic (exact) mass is 336 g/mol. The Morgan fingerprint density at radius 2 is 2.25 bits per heavy atom. The molecule has 108 valence electrons. The van der Waals surface area contributed by atoms with E-state index in [9.17, 15) is 0 Å². The van der Waals surface area contributed by atoms with E-state index < -0.39 is 0 Å². The van der Waals surface area contributed by atoms with Crippen molar-refractivity contribution in [2.24, 2.45) is 7.05 Å². The first-order valence-electron chi connectivity index (χ1n) is 7.00. The summed E-state index contributed by atoms with van der Waals surface area (Å²) in [6, 6.07) is 8.51. The summed E-state index contributed by atoms with van der Waals surface area (Å²) in [6.45, 7) is 4.19. The predicted octanol–water partition coefficient (Wildman–Crippen LogP) is 2.90. The van der Waals surface area contributed by atoms with Gasteiger partial charge in [-0.2, -0.15) is 0 Å². The van der Waals surface area contributed by atoms with Crippen molar-refractivity contribution in [3.05, 3.63) is 46.2 Å². The molecule has 0 saturated heterocycles. The van der Waals surface area contributed by atoms with E-state index in [0.717, 1.165) is 36.1 Å². The normalized spacial score (nSPS) is 12.6. The zero-order chi connectivity index (χ0) is 14.4. The highest BCUT2D eigenvalue weighted by Gasteiger charge is 2.14. The van der Waals surface area contributed by atoms with E-state index >= 15 is 0 Å². The molecule has 5 heteroatoms. The lowest BCUT2D eigenvalue weighted by Crippen LogP contribution is -2.23. The van der Waals surface area contributed by atoms with Crippen LogP contribution in [0.2, 0.25) is 0 Å². The fraction of sp³-hybridized carbons (Fsp3) is 0.467. The highest BCUT2D eigenvalue weighted by atomic mass is 79.9. The topological polar surface area (TPSA) is 42.7 Å². The van der Waals surface area contributed by atoms with E-state index in [4.69, 9.17) is 0 Å². The van der Waals surface area contributed by atoms with Crippen molar-refractivity contribution >= 4 is 15.9 Å². The largest absolute Gasteiger partial charge is 0.316 e. The molecule has 0 saturated carbocycles. The number of rotatable bonds is 7. The number of hydrogen-bond acceptors (Lipinski definition) is 3. The van der Waals surface area contributed by atoms with Crippen LogP contribution in [0.25, 0.3) is 0 Å². The van der Waals surface area contributed by atoms with Crippen molar-refractivity contribution in [1.29, 1.82) is 0 Å². The molecule has 1 N–H and O–H groups in total. The third-order valence-corrected chi connectivity index (χ3v) is 3.74. The van der Waals surface area contributed by atoms with Crippen LogP contribution in [0.3, 0.4) is 0 Å². The second-order valence-electron chi connectivity index (χ2n) is 5.04. The van der Waals surface area contributed by atoms with Gasteiger partial charge < -0.3 is 5.32 Å². The standard InChI is InChI=1S/C15H21BrN4/c1-3-7-17-10-13(9-15-11-20(2)19-18-15)12-5-4-6-14(16)8-12/h4-6,8,11,13,17H,3,7,9-10H2,1-2H3. The first-order valence-corrected chi connectivity index (χ1v) is 7.79. The molecule has 1 atom stereocenters. The second-order valence-corrected chi connectivity index (χ2v) is 5.96. The van der Waals surface area contributed by atoms with Crippen LogP contribution in [-0.2, 0) is 13.5 Å². The van der Waals surface area contributed by atoms with Crippen LogP contribution in [0.5, 0.6) is 0 Å². The van der Waals surface area contributed by atoms with Gasteiger partial charge in [-0.25, -0.2) is 0 Å². The molecule has 1 unspecified atom stereocenters. The molecule has 0 amide bonds. The highest BCUT2D eigenvalue weighted by molar-refractivity contribution is 9.10. The zero-order valence-electron chi connectivity index (χ0n) is 12.0. The lowest BCUT2D eigenvalue weighted by molar-refractivity contribution is 0.571. The second kappa shape index (κ2) is 7.55. The van der Waals surface area contributed by atoms with Gasteiger partial charge in [0.1, 0.15) is 0 Å². The van der Waals surface area contributed by atoms with E-state index in [2.05, 4.69) is 62.7 Å². The molecular weight excluding hydrogens is 316 g/mol. The van der Waals surface area contributed by atoms with Gasteiger partial charge in [-0.05, 0) is 30.7 Å². The molecule has 2 aromatic rings. The molecule has 0 aliphatic carbocycles. The van der Waals surface area contributed by atoms with Crippen LogP contribution in [0.1, 0.15) is 30.5 Å². The van der Waals surface area contributed by atoms with Gasteiger partial charge in [0, 0.05) is 36.6 Å². The Balaban J connectivity index is 2.11. The lowest BCUT2D eigenvalue weighted by Gasteiger charge is -2.17. The van der Waals surface area contributed by atoms with Crippen molar-refractivity contribution in [1.82, 2.24) is 20.3 Å². The summed E-state index contributed by atoms with van der Waals surface area (Å²) in [5, 5.41) is 11.7. The van der Waals surface area contributed by atoms with Gasteiger partial charge in [-0.3, -0.25) is 4.68 Å². The predicted molar refractivity (Wildman–Crippen MR) is 84.8 cm³/mol. The molecule has 1 aromatic heterocycles. The molecular formula is C15H21BrN4. The van der Waals surface area contributed by atoms with Gasteiger partial charge >= 0.3 is 0 Å². The molecule has 0 bridgehead atoms. The first kappa shape index (κ1) is 15.2. The molecule has 4 nitrogen and oxygen atoms in total. The van der Waals surface area contributed by atoms with Gasteiger partial charge in [0.2, 0.25) is 0 Å². The smallest absolute Gasteiger partial charge is 0.0833 e. The summed E-state index contributed by atoms with van der Waals surface area (Å²) >= 11 is 3.55. The van der Waals surface area contributed by atoms with Crippen LogP contribution >= 0.6 is 15.9 Å². The van der Waals surface area contributed by atoms with Gasteiger partial charge in [-0.1, -0.05) is 40.2 Å². The molecule has 0 fully saturated rings. The number of benzene rings is 1. The summed E-state index contributed by atoms with van der Waals surface area (Å²) in [5.41, 5.74) is 2.37. The summed E-state index contributed by atoms with van der Waals surface area (Å²) in [7, 11) is 1.90. The van der Waals surface area contributed by atoms with E-state index in [0.29, 0.717) is 5.92 Å². The van der Waals surface area contributed by atoms with E-state index in [-0.39, 0.29) is 0 Å². The number of aryl methyl sites for hydroxylation is 1. The van der Waals surface area contributed by atoms with E-state index in [1.165, 1.54) is 5.56 Å². The average molecular weight is 337 g/mol. The van der Waals surface area contributed by atoms with Crippen molar-refractivity contribution in [2.45, 2.75) is 25.7 Å². The fourth-order valence-electron chi connectivity index (χ4n) is 2.26. The maximum Gasteiger partial charge on any atom is 0.0833 e. The first-order chi connectivity index (χ1) is 9.69. The molecule has 20 heavy (non-hydrogen) atoms. The summed E-state index contributed by atoms with van der Waals surface area (Å²) < 4.78 is 2.88. The van der Waals surface area contributed by atoms with Crippen molar-refractivity contribution in [3.8, 4) is 0 Å². The Hall–Kier alpha value is -1.20. The highest BCUT2D eigenvalue weighted by Crippen LogP contribution is 2.22. The third kappa shape index (κ3) is 4.42. The molecule has 1 aromatic carbocycles. The summed E-state index contributed by atoms with van der Waals surface area (Å²) in [6.07, 6.45) is 4.04. The zero-order valence-corrected chi connectivity index (χ0v) is 13.6. The maximum atomic E-state index is 4.21. The van der Waals surface area contributed by atoms with Crippen molar-refractivity contribution in [3.63, 3.8) is 0 Å². The van der Waals surface area contributed by atoms with Gasteiger partial charge in [0.15, 0.2) is 0 Å². The van der Waals surface area contributed by atoms with E-state index in [1.54, 1.807) is 4.68 Å². The molecule has 2 rings (SSSR count). The van der Waals surface area contributed by atoms with Crippen molar-refractivity contribution < 1.29 is 0 Å². The van der Waals surface area contributed by atoms with Crippen LogP contribution < -0.4 is 5.32 Å². The SMILES string of the molecule is CCCNCC(Cc1cn(C)nn1)c1cccc(Br)c1. The van der Waals surface area contributed by atoms with Crippen LogP contribution in [0.4, 0.5) is 0 Å². The number of aromatic nitrogens is 3. The maximum absolute atomic E-state index is 4.21. The lowest BCUT2D eigenvalue weighted by atomic mass is 9.94. The average Bonchev–Trinajstić information content (AvgIpc) is 2.83. The Kier molecular flexibility index (Phi) is 5.73. The Bertz CT molecular complexity index is 538. The van der Waals surface area contributed by atoms with Gasteiger partial charge in [-0.15, -0.1) is 5.10 Å². The Labute approximate surface area is 128 Å². The summed E-state index contributed by atoms with van der Waals surface area (Å²) in [5.74, 6) is 0.413. The van der Waals surface area contributed by atoms with Gasteiger partial charge in [0.25, 0.3) is 0 Å². The number of halogens is 1. The van der Waals surface area contributed by atoms with Crippen LogP contribution in [0, 0.1) is 0 Å². The molecule has 0 radical (unpaired) electrons. The minimum atomic E-state index is 0.413. The van der Waals surface area contributed by atoms with E-state index in [1.807, 2.05) is 13.2 Å². The minimum Gasteiger partial charge on any atom is -0.316 e. The number of nitrogens with zero attached hydrogens (tertiary/aromatic N) is 3. The van der Waals surface area contributed by atoms with Crippen LogP contribution in [0.15, 0.2) is 34.9 Å². The van der Waals surface area contributed by atoms with Gasteiger partial charge in [0.05, 0.1) is 5.69 Å². The molecule has 0 aliphatic heterocycles.